The molecule has 2 rings (SSSR count). The van der Waals surface area contributed by atoms with Crippen molar-refractivity contribution in [3.63, 3.8) is 0 Å². The van der Waals surface area contributed by atoms with E-state index in [2.05, 4.69) is 32.2 Å². The van der Waals surface area contributed by atoms with Crippen LogP contribution in [-0.2, 0) is 4.79 Å². The Morgan fingerprint density at radius 2 is 1.71 bits per heavy atom. The molecular weight excluding hydrogens is 268 g/mol. The van der Waals surface area contributed by atoms with Gasteiger partial charge in [0.1, 0.15) is 0 Å². The molecule has 0 fully saturated rings. The highest BCUT2D eigenvalue weighted by Gasteiger charge is 2.05. The number of anilines is 4. The lowest BCUT2D eigenvalue weighted by molar-refractivity contribution is -0.114. The van der Waals surface area contributed by atoms with Crippen LogP contribution in [0.4, 0.5) is 23.3 Å². The van der Waals surface area contributed by atoms with Gasteiger partial charge in [0.25, 0.3) is 0 Å². The molecule has 0 unspecified atom stereocenters. The minimum Gasteiger partial charge on any atom is -0.368 e. The minimum absolute atomic E-state index is 0.118. The summed E-state index contributed by atoms with van der Waals surface area (Å²) in [6.07, 6.45) is 0. The third kappa shape index (κ3) is 4.00. The lowest BCUT2D eigenvalue weighted by Gasteiger charge is -2.08. The zero-order valence-corrected chi connectivity index (χ0v) is 11.8. The van der Waals surface area contributed by atoms with E-state index in [0.29, 0.717) is 23.0 Å². The largest absolute Gasteiger partial charge is 0.368 e. The topological polar surface area (TPSA) is 106 Å². The third-order valence-electron chi connectivity index (χ3n) is 2.50. The number of nitrogens with zero attached hydrogens (tertiary/aromatic N) is 3. The van der Waals surface area contributed by atoms with Gasteiger partial charge in [-0.05, 0) is 36.8 Å². The molecule has 0 saturated carbocycles. The molecule has 1 heterocycles. The molecule has 0 atom stereocenters. The highest BCUT2D eigenvalue weighted by molar-refractivity contribution is 5.88. The van der Waals surface area contributed by atoms with Gasteiger partial charge in [0, 0.05) is 18.3 Å². The summed E-state index contributed by atoms with van der Waals surface area (Å²) >= 11 is 0. The number of amides is 1. The normalized spacial score (nSPS) is 10.0. The number of hydrogen-bond donors (Lipinski definition) is 3. The average Bonchev–Trinajstić information content (AvgIpc) is 2.39. The van der Waals surface area contributed by atoms with Crippen LogP contribution in [0.3, 0.4) is 0 Å². The van der Waals surface area contributed by atoms with Gasteiger partial charge < -0.3 is 16.4 Å². The summed E-state index contributed by atoms with van der Waals surface area (Å²) in [6, 6.07) is 7.14. The highest BCUT2D eigenvalue weighted by atomic mass is 16.1. The Morgan fingerprint density at radius 1 is 1.10 bits per heavy atom. The van der Waals surface area contributed by atoms with Crippen molar-refractivity contribution in [3.05, 3.63) is 36.7 Å². The fourth-order valence-electron chi connectivity index (χ4n) is 1.61. The third-order valence-corrected chi connectivity index (χ3v) is 2.50. The van der Waals surface area contributed by atoms with Crippen molar-refractivity contribution < 1.29 is 4.79 Å². The number of allylic oxidation sites excluding steroid dienone is 1. The summed E-state index contributed by atoms with van der Waals surface area (Å²) < 4.78 is 0. The van der Waals surface area contributed by atoms with Gasteiger partial charge >= 0.3 is 0 Å². The first kappa shape index (κ1) is 14.4. The van der Waals surface area contributed by atoms with Crippen molar-refractivity contribution in [1.29, 1.82) is 0 Å². The van der Waals surface area contributed by atoms with E-state index >= 15 is 0 Å². The second-order valence-corrected chi connectivity index (χ2v) is 4.50. The molecule has 0 aliphatic carbocycles. The molecule has 1 aromatic carbocycles. The smallest absolute Gasteiger partial charge is 0.232 e. The summed E-state index contributed by atoms with van der Waals surface area (Å²) in [7, 11) is 0. The van der Waals surface area contributed by atoms with E-state index < -0.39 is 0 Å². The lowest BCUT2D eigenvalue weighted by Crippen LogP contribution is -2.07. The first-order valence-electron chi connectivity index (χ1n) is 6.26. The maximum atomic E-state index is 11.0. The van der Waals surface area contributed by atoms with Crippen molar-refractivity contribution in [1.82, 2.24) is 15.0 Å². The van der Waals surface area contributed by atoms with Crippen molar-refractivity contribution in [3.8, 4) is 0 Å². The maximum absolute atomic E-state index is 11.0. The molecule has 1 aromatic heterocycles. The van der Waals surface area contributed by atoms with Crippen molar-refractivity contribution in [2.45, 2.75) is 13.8 Å². The van der Waals surface area contributed by atoms with E-state index in [1.54, 1.807) is 31.2 Å². The van der Waals surface area contributed by atoms with E-state index in [1.807, 2.05) is 0 Å². The molecule has 0 aliphatic rings. The standard InChI is InChI=1S/C14H16N6O/c1-8(2)12-18-13(15)20-14(19-12)17-11-6-4-10(5-7-11)16-9(3)21/h4-7H,1H2,2-3H3,(H,16,21)(H3,15,17,18,19,20). The molecule has 21 heavy (non-hydrogen) atoms. The first-order valence-corrected chi connectivity index (χ1v) is 6.26. The number of benzene rings is 1. The molecule has 7 nitrogen and oxygen atoms in total. The Hall–Kier alpha value is -2.96. The van der Waals surface area contributed by atoms with Crippen molar-refractivity contribution in [2.75, 3.05) is 16.4 Å². The van der Waals surface area contributed by atoms with Crippen LogP contribution in [0.1, 0.15) is 19.7 Å². The predicted octanol–water partition coefficient (Wildman–Crippen LogP) is 2.19. The SMILES string of the molecule is C=C(C)c1nc(N)nc(Nc2ccc(NC(C)=O)cc2)n1. The van der Waals surface area contributed by atoms with Crippen LogP contribution in [0.5, 0.6) is 0 Å². The Labute approximate surface area is 122 Å². The molecule has 1 amide bonds. The van der Waals surface area contributed by atoms with Crippen LogP contribution in [0.2, 0.25) is 0 Å². The Bertz CT molecular complexity index is 680. The van der Waals surface area contributed by atoms with Crippen LogP contribution in [-0.4, -0.2) is 20.9 Å². The van der Waals surface area contributed by atoms with Gasteiger partial charge in [-0.25, -0.2) is 0 Å². The summed E-state index contributed by atoms with van der Waals surface area (Å²) in [5, 5.41) is 5.71. The number of rotatable bonds is 4. The van der Waals surface area contributed by atoms with Gasteiger partial charge in [-0.2, -0.15) is 15.0 Å². The molecule has 0 bridgehead atoms. The van der Waals surface area contributed by atoms with E-state index in [0.717, 1.165) is 5.69 Å². The van der Waals surface area contributed by atoms with Crippen LogP contribution in [0.15, 0.2) is 30.8 Å². The molecule has 0 aliphatic heterocycles. The summed E-state index contributed by atoms with van der Waals surface area (Å²) in [4.78, 5) is 23.2. The van der Waals surface area contributed by atoms with Gasteiger partial charge in [-0.3, -0.25) is 4.79 Å². The molecule has 0 spiro atoms. The van der Waals surface area contributed by atoms with Crippen LogP contribution < -0.4 is 16.4 Å². The summed E-state index contributed by atoms with van der Waals surface area (Å²) in [6.45, 7) is 7.03. The molecular formula is C14H16N6O. The quantitative estimate of drug-likeness (QED) is 0.794. The monoisotopic (exact) mass is 284 g/mol. The average molecular weight is 284 g/mol. The molecule has 4 N–H and O–H groups in total. The molecule has 2 aromatic rings. The zero-order chi connectivity index (χ0) is 15.4. The fraction of sp³-hybridized carbons (Fsp3) is 0.143. The van der Waals surface area contributed by atoms with Crippen molar-refractivity contribution >= 4 is 34.8 Å². The Balaban J connectivity index is 2.18. The van der Waals surface area contributed by atoms with E-state index in [1.165, 1.54) is 6.92 Å². The van der Waals surface area contributed by atoms with Crippen molar-refractivity contribution in [2.24, 2.45) is 0 Å². The number of hydrogen-bond acceptors (Lipinski definition) is 6. The van der Waals surface area contributed by atoms with Crippen LogP contribution >= 0.6 is 0 Å². The van der Waals surface area contributed by atoms with Gasteiger partial charge in [0.2, 0.25) is 17.8 Å². The number of nitrogen functional groups attached to an aromatic ring is 1. The molecule has 7 heteroatoms. The van der Waals surface area contributed by atoms with E-state index in [9.17, 15) is 4.79 Å². The molecule has 0 saturated heterocycles. The highest BCUT2D eigenvalue weighted by Crippen LogP contribution is 2.18. The number of nitrogens with one attached hydrogen (secondary N) is 2. The van der Waals surface area contributed by atoms with Gasteiger partial charge in [0.15, 0.2) is 5.82 Å². The first-order chi connectivity index (χ1) is 9.94. The minimum atomic E-state index is -0.118. The fourth-order valence-corrected chi connectivity index (χ4v) is 1.61. The number of carbonyl (C=O) groups is 1. The van der Waals surface area contributed by atoms with Gasteiger partial charge in [-0.1, -0.05) is 6.58 Å². The second kappa shape index (κ2) is 6.00. The van der Waals surface area contributed by atoms with E-state index in [-0.39, 0.29) is 11.9 Å². The summed E-state index contributed by atoms with van der Waals surface area (Å²) in [5.41, 5.74) is 7.82. The number of nitrogens with two attached hydrogens (primary N) is 1. The van der Waals surface area contributed by atoms with Crippen LogP contribution in [0, 0.1) is 0 Å². The van der Waals surface area contributed by atoms with Gasteiger partial charge in [-0.15, -0.1) is 0 Å². The molecule has 108 valence electrons. The van der Waals surface area contributed by atoms with Gasteiger partial charge in [0.05, 0.1) is 0 Å². The van der Waals surface area contributed by atoms with Crippen LogP contribution in [0.25, 0.3) is 5.57 Å². The number of carbonyl (C=O) groups excluding carboxylic acids is 1. The predicted molar refractivity (Wildman–Crippen MR) is 83.0 cm³/mol. The lowest BCUT2D eigenvalue weighted by atomic mass is 10.3. The molecule has 0 radical (unpaired) electrons. The van der Waals surface area contributed by atoms with E-state index in [4.69, 9.17) is 5.73 Å². The Morgan fingerprint density at radius 3 is 2.29 bits per heavy atom. The summed E-state index contributed by atoms with van der Waals surface area (Å²) in [5.74, 6) is 0.792. The Kier molecular flexibility index (Phi) is 4.13. The zero-order valence-electron chi connectivity index (χ0n) is 11.8. The maximum Gasteiger partial charge on any atom is 0.232 e. The second-order valence-electron chi connectivity index (χ2n) is 4.50. The number of aromatic nitrogens is 3.